The third-order valence-electron chi connectivity index (χ3n) is 2.57. The maximum Gasteiger partial charge on any atom is 0.114 e. The molecule has 1 fully saturated rings. The second kappa shape index (κ2) is 5.61. The van der Waals surface area contributed by atoms with E-state index in [2.05, 4.69) is 24.4 Å². The average molecular weight is 225 g/mol. The molecule has 0 saturated heterocycles. The van der Waals surface area contributed by atoms with Gasteiger partial charge in [-0.1, -0.05) is 6.92 Å². The monoisotopic (exact) mass is 225 g/mol. The van der Waals surface area contributed by atoms with Gasteiger partial charge in [-0.15, -0.1) is 0 Å². The van der Waals surface area contributed by atoms with Gasteiger partial charge in [0.1, 0.15) is 11.5 Å². The van der Waals surface area contributed by atoms with Crippen LogP contribution < -0.4 is 5.32 Å². The van der Waals surface area contributed by atoms with E-state index in [0.29, 0.717) is 0 Å². The molecular formula is C12H19NOS. The molecule has 0 spiro atoms. The Morgan fingerprint density at radius 3 is 2.87 bits per heavy atom. The van der Waals surface area contributed by atoms with E-state index in [-0.39, 0.29) is 0 Å². The number of hydrogen-bond acceptors (Lipinski definition) is 3. The minimum atomic E-state index is 0.834. The summed E-state index contributed by atoms with van der Waals surface area (Å²) in [5.41, 5.74) is 0. The van der Waals surface area contributed by atoms with Crippen molar-refractivity contribution in [3.05, 3.63) is 23.7 Å². The van der Waals surface area contributed by atoms with Crippen molar-refractivity contribution in [3.63, 3.8) is 0 Å². The molecule has 1 aliphatic rings. The summed E-state index contributed by atoms with van der Waals surface area (Å²) >= 11 is 1.94. The standard InChI is InChI=1S/C12H19NOS/c1-2-11-5-6-12(14-11)9-15-8-7-13-10-3-4-10/h5-6,10,13H,2-4,7-9H2,1H3. The molecule has 1 aliphatic carbocycles. The smallest absolute Gasteiger partial charge is 0.114 e. The lowest BCUT2D eigenvalue weighted by Crippen LogP contribution is -2.19. The summed E-state index contributed by atoms with van der Waals surface area (Å²) in [6.45, 7) is 3.26. The third kappa shape index (κ3) is 3.92. The summed E-state index contributed by atoms with van der Waals surface area (Å²) < 4.78 is 5.63. The zero-order chi connectivity index (χ0) is 10.5. The molecule has 2 rings (SSSR count). The van der Waals surface area contributed by atoms with E-state index in [1.807, 2.05) is 11.8 Å². The zero-order valence-corrected chi connectivity index (χ0v) is 10.1. The summed E-state index contributed by atoms with van der Waals surface area (Å²) in [5.74, 6) is 4.40. The Balaban J connectivity index is 1.56. The molecule has 3 heteroatoms. The van der Waals surface area contributed by atoms with Gasteiger partial charge >= 0.3 is 0 Å². The van der Waals surface area contributed by atoms with Gasteiger partial charge in [0.25, 0.3) is 0 Å². The maximum absolute atomic E-state index is 5.63. The van der Waals surface area contributed by atoms with E-state index in [4.69, 9.17) is 4.42 Å². The van der Waals surface area contributed by atoms with E-state index in [9.17, 15) is 0 Å². The second-order valence-corrected chi connectivity index (χ2v) is 5.11. The predicted molar refractivity (Wildman–Crippen MR) is 65.3 cm³/mol. The molecule has 1 aromatic heterocycles. The van der Waals surface area contributed by atoms with Crippen LogP contribution in [-0.2, 0) is 12.2 Å². The lowest BCUT2D eigenvalue weighted by atomic mass is 10.4. The number of thioether (sulfide) groups is 1. The Hall–Kier alpha value is -0.410. The van der Waals surface area contributed by atoms with Crippen LogP contribution in [0.2, 0.25) is 0 Å². The molecule has 0 unspecified atom stereocenters. The highest BCUT2D eigenvalue weighted by Gasteiger charge is 2.19. The molecule has 0 amide bonds. The fourth-order valence-electron chi connectivity index (χ4n) is 1.49. The van der Waals surface area contributed by atoms with Gasteiger partial charge in [0.05, 0.1) is 5.75 Å². The van der Waals surface area contributed by atoms with Gasteiger partial charge in [0.2, 0.25) is 0 Å². The molecule has 0 radical (unpaired) electrons. The Morgan fingerprint density at radius 1 is 1.40 bits per heavy atom. The molecule has 1 aromatic rings. The number of furan rings is 1. The van der Waals surface area contributed by atoms with Crippen LogP contribution in [0.5, 0.6) is 0 Å². The van der Waals surface area contributed by atoms with Gasteiger partial charge in [-0.2, -0.15) is 11.8 Å². The van der Waals surface area contributed by atoms with Crippen molar-refractivity contribution in [3.8, 4) is 0 Å². The zero-order valence-electron chi connectivity index (χ0n) is 9.29. The van der Waals surface area contributed by atoms with Gasteiger partial charge in [0.15, 0.2) is 0 Å². The number of rotatable bonds is 7. The van der Waals surface area contributed by atoms with Crippen LogP contribution in [0.25, 0.3) is 0 Å². The van der Waals surface area contributed by atoms with E-state index in [1.54, 1.807) is 0 Å². The minimum Gasteiger partial charge on any atom is -0.465 e. The van der Waals surface area contributed by atoms with Crippen LogP contribution in [-0.4, -0.2) is 18.3 Å². The largest absolute Gasteiger partial charge is 0.465 e. The van der Waals surface area contributed by atoms with Gasteiger partial charge in [0, 0.05) is 24.8 Å². The molecule has 0 aliphatic heterocycles. The Labute approximate surface area is 95.8 Å². The Bertz CT molecular complexity index is 294. The normalized spacial score (nSPS) is 15.8. The molecular weight excluding hydrogens is 206 g/mol. The highest BCUT2D eigenvalue weighted by Crippen LogP contribution is 2.19. The fraction of sp³-hybridized carbons (Fsp3) is 0.667. The molecule has 2 nitrogen and oxygen atoms in total. The highest BCUT2D eigenvalue weighted by molar-refractivity contribution is 7.98. The van der Waals surface area contributed by atoms with Crippen LogP contribution in [0.1, 0.15) is 31.3 Å². The van der Waals surface area contributed by atoms with Crippen LogP contribution in [0.4, 0.5) is 0 Å². The average Bonchev–Trinajstić information content (AvgIpc) is 2.96. The first-order chi connectivity index (χ1) is 7.38. The maximum atomic E-state index is 5.63. The van der Waals surface area contributed by atoms with Crippen LogP contribution in [0, 0.1) is 0 Å². The highest BCUT2D eigenvalue weighted by atomic mass is 32.2. The molecule has 1 saturated carbocycles. The summed E-state index contributed by atoms with van der Waals surface area (Å²) in [6.07, 6.45) is 3.75. The van der Waals surface area contributed by atoms with Crippen molar-refractivity contribution in [2.24, 2.45) is 0 Å². The fourth-order valence-corrected chi connectivity index (χ4v) is 2.25. The van der Waals surface area contributed by atoms with Crippen molar-refractivity contribution in [2.45, 2.75) is 38.0 Å². The third-order valence-corrected chi connectivity index (χ3v) is 3.55. The molecule has 15 heavy (non-hydrogen) atoms. The topological polar surface area (TPSA) is 25.2 Å². The van der Waals surface area contributed by atoms with Gasteiger partial charge in [-0.25, -0.2) is 0 Å². The summed E-state index contributed by atoms with van der Waals surface area (Å²) in [4.78, 5) is 0. The van der Waals surface area contributed by atoms with E-state index >= 15 is 0 Å². The SMILES string of the molecule is CCc1ccc(CSCCNC2CC2)o1. The number of hydrogen-bond donors (Lipinski definition) is 1. The molecule has 1 N–H and O–H groups in total. The predicted octanol–water partition coefficient (Wildman–Crippen LogP) is 2.83. The molecule has 84 valence electrons. The van der Waals surface area contributed by atoms with Crippen molar-refractivity contribution >= 4 is 11.8 Å². The summed E-state index contributed by atoms with van der Waals surface area (Å²) in [7, 11) is 0. The first-order valence-electron chi connectivity index (χ1n) is 5.77. The molecule has 0 aromatic carbocycles. The molecule has 0 atom stereocenters. The van der Waals surface area contributed by atoms with Crippen molar-refractivity contribution in [1.82, 2.24) is 5.32 Å². The Kier molecular flexibility index (Phi) is 4.15. The van der Waals surface area contributed by atoms with Crippen molar-refractivity contribution < 1.29 is 4.42 Å². The lowest BCUT2D eigenvalue weighted by Gasteiger charge is -2.01. The summed E-state index contributed by atoms with van der Waals surface area (Å²) in [5, 5.41) is 3.51. The number of aryl methyl sites for hydroxylation is 1. The molecule has 1 heterocycles. The van der Waals surface area contributed by atoms with Gasteiger partial charge < -0.3 is 9.73 Å². The quantitative estimate of drug-likeness (QED) is 0.722. The minimum absolute atomic E-state index is 0.834. The van der Waals surface area contributed by atoms with Crippen molar-refractivity contribution in [2.75, 3.05) is 12.3 Å². The van der Waals surface area contributed by atoms with E-state index < -0.39 is 0 Å². The first kappa shape index (κ1) is 11.1. The Morgan fingerprint density at radius 2 is 2.20 bits per heavy atom. The van der Waals surface area contributed by atoms with Gasteiger partial charge in [-0.05, 0) is 25.0 Å². The molecule has 0 bridgehead atoms. The number of nitrogens with one attached hydrogen (secondary N) is 1. The van der Waals surface area contributed by atoms with Crippen molar-refractivity contribution in [1.29, 1.82) is 0 Å². The summed E-state index contributed by atoms with van der Waals surface area (Å²) in [6, 6.07) is 5.01. The van der Waals surface area contributed by atoms with E-state index in [1.165, 1.54) is 18.6 Å². The van der Waals surface area contributed by atoms with Gasteiger partial charge in [-0.3, -0.25) is 0 Å². The van der Waals surface area contributed by atoms with Crippen LogP contribution in [0.15, 0.2) is 16.5 Å². The first-order valence-corrected chi connectivity index (χ1v) is 6.92. The van der Waals surface area contributed by atoms with E-state index in [0.717, 1.165) is 36.3 Å². The van der Waals surface area contributed by atoms with Crippen LogP contribution >= 0.6 is 11.8 Å². The lowest BCUT2D eigenvalue weighted by molar-refractivity contribution is 0.485. The second-order valence-electron chi connectivity index (χ2n) is 4.00. The van der Waals surface area contributed by atoms with Crippen LogP contribution in [0.3, 0.4) is 0 Å².